The van der Waals surface area contributed by atoms with Crippen molar-refractivity contribution in [2.45, 2.75) is 46.5 Å². The number of aromatic nitrogens is 2. The lowest BCUT2D eigenvalue weighted by atomic mass is 9.93. The molecular formula is C19H35IN6O. The van der Waals surface area contributed by atoms with Gasteiger partial charge in [0.15, 0.2) is 5.96 Å². The number of hydrogen-bond donors (Lipinski definition) is 2. The van der Waals surface area contributed by atoms with Gasteiger partial charge in [0, 0.05) is 52.4 Å². The highest BCUT2D eigenvalue weighted by molar-refractivity contribution is 14.0. The van der Waals surface area contributed by atoms with Crippen LogP contribution in [0.1, 0.15) is 43.1 Å². The van der Waals surface area contributed by atoms with Gasteiger partial charge in [-0.25, -0.2) is 0 Å². The fraction of sp³-hybridized carbons (Fsp3) is 0.737. The lowest BCUT2D eigenvalue weighted by Crippen LogP contribution is -2.46. The molecule has 1 amide bonds. The lowest BCUT2D eigenvalue weighted by molar-refractivity contribution is -0.121. The average molecular weight is 490 g/mol. The minimum atomic E-state index is 0. The van der Waals surface area contributed by atoms with E-state index in [0.29, 0.717) is 12.3 Å². The standard InChI is InChI=1S/C19H34N6O.HI/c1-6-21-19(22-10-7-17-14(2)23-24(5)15(17)3)25-11-8-16(9-12-25)13-18(26)20-4;/h16H,6-13H2,1-5H3,(H,20,26)(H,21,22);1H. The van der Waals surface area contributed by atoms with Gasteiger partial charge in [0.05, 0.1) is 5.69 Å². The first kappa shape index (κ1) is 23.7. The number of aryl methyl sites for hydroxylation is 2. The van der Waals surface area contributed by atoms with Crippen molar-refractivity contribution < 1.29 is 4.79 Å². The van der Waals surface area contributed by atoms with Crippen LogP contribution in [-0.2, 0) is 18.3 Å². The highest BCUT2D eigenvalue weighted by Crippen LogP contribution is 2.20. The maximum absolute atomic E-state index is 11.6. The zero-order chi connectivity index (χ0) is 19.1. The molecule has 1 aliphatic rings. The summed E-state index contributed by atoms with van der Waals surface area (Å²) in [6, 6.07) is 0. The SMILES string of the molecule is CCNC(=NCCc1c(C)nn(C)c1C)N1CCC(CC(=O)NC)CC1.I. The molecular weight excluding hydrogens is 455 g/mol. The van der Waals surface area contributed by atoms with Crippen LogP contribution in [0.25, 0.3) is 0 Å². The van der Waals surface area contributed by atoms with Gasteiger partial charge >= 0.3 is 0 Å². The number of nitrogens with zero attached hydrogens (tertiary/aromatic N) is 4. The Morgan fingerprint density at radius 2 is 1.96 bits per heavy atom. The monoisotopic (exact) mass is 490 g/mol. The third kappa shape index (κ3) is 6.65. The second-order valence-electron chi connectivity index (χ2n) is 7.07. The van der Waals surface area contributed by atoms with E-state index in [1.807, 2.05) is 11.7 Å². The van der Waals surface area contributed by atoms with Crippen molar-refractivity contribution in [2.24, 2.45) is 18.0 Å². The van der Waals surface area contributed by atoms with Crippen LogP contribution in [0.3, 0.4) is 0 Å². The maximum atomic E-state index is 11.6. The number of halogens is 1. The molecule has 7 nitrogen and oxygen atoms in total. The Balaban J connectivity index is 0.00000364. The Kier molecular flexibility index (Phi) is 10.1. The number of piperidine rings is 1. The van der Waals surface area contributed by atoms with Crippen molar-refractivity contribution in [3.63, 3.8) is 0 Å². The van der Waals surface area contributed by atoms with E-state index >= 15 is 0 Å². The molecule has 1 saturated heterocycles. The highest BCUT2D eigenvalue weighted by atomic mass is 127. The van der Waals surface area contributed by atoms with Crippen LogP contribution in [0.2, 0.25) is 0 Å². The Morgan fingerprint density at radius 3 is 2.48 bits per heavy atom. The van der Waals surface area contributed by atoms with Gasteiger partial charge in [-0.05, 0) is 51.5 Å². The zero-order valence-electron chi connectivity index (χ0n) is 17.3. The Hall–Kier alpha value is -1.32. The largest absolute Gasteiger partial charge is 0.359 e. The summed E-state index contributed by atoms with van der Waals surface area (Å²) in [7, 11) is 3.70. The molecule has 1 fully saturated rings. The maximum Gasteiger partial charge on any atom is 0.220 e. The number of guanidine groups is 1. The van der Waals surface area contributed by atoms with Gasteiger partial charge in [-0.15, -0.1) is 24.0 Å². The Bertz CT molecular complexity index is 634. The number of amides is 1. The lowest BCUT2D eigenvalue weighted by Gasteiger charge is -2.34. The molecule has 0 atom stereocenters. The predicted molar refractivity (Wildman–Crippen MR) is 121 cm³/mol. The Morgan fingerprint density at radius 1 is 1.30 bits per heavy atom. The van der Waals surface area contributed by atoms with Crippen LogP contribution in [0.5, 0.6) is 0 Å². The predicted octanol–water partition coefficient (Wildman–Crippen LogP) is 2.01. The fourth-order valence-corrected chi connectivity index (χ4v) is 3.59. The minimum Gasteiger partial charge on any atom is -0.359 e. The van der Waals surface area contributed by atoms with Crippen LogP contribution in [-0.4, -0.2) is 59.8 Å². The van der Waals surface area contributed by atoms with Gasteiger partial charge in [0.25, 0.3) is 0 Å². The van der Waals surface area contributed by atoms with Crippen LogP contribution < -0.4 is 10.6 Å². The fourth-order valence-electron chi connectivity index (χ4n) is 3.59. The molecule has 27 heavy (non-hydrogen) atoms. The molecule has 0 saturated carbocycles. The summed E-state index contributed by atoms with van der Waals surface area (Å²) in [4.78, 5) is 18.7. The molecule has 8 heteroatoms. The van der Waals surface area contributed by atoms with Crippen molar-refractivity contribution in [3.05, 3.63) is 17.0 Å². The molecule has 0 unspecified atom stereocenters. The van der Waals surface area contributed by atoms with Crippen LogP contribution in [0, 0.1) is 19.8 Å². The van der Waals surface area contributed by atoms with Crippen molar-refractivity contribution in [2.75, 3.05) is 33.2 Å². The van der Waals surface area contributed by atoms with E-state index in [-0.39, 0.29) is 29.9 Å². The minimum absolute atomic E-state index is 0. The van der Waals surface area contributed by atoms with E-state index in [0.717, 1.165) is 57.1 Å². The average Bonchev–Trinajstić information content (AvgIpc) is 2.87. The number of rotatable bonds is 6. The highest BCUT2D eigenvalue weighted by Gasteiger charge is 2.23. The molecule has 2 rings (SSSR count). The molecule has 154 valence electrons. The normalized spacial score (nSPS) is 15.4. The summed E-state index contributed by atoms with van der Waals surface area (Å²) >= 11 is 0. The van der Waals surface area contributed by atoms with Crippen LogP contribution in [0.4, 0.5) is 0 Å². The third-order valence-corrected chi connectivity index (χ3v) is 5.28. The summed E-state index contributed by atoms with van der Waals surface area (Å²) in [5.74, 6) is 1.62. The van der Waals surface area contributed by atoms with E-state index in [9.17, 15) is 4.79 Å². The number of nitrogens with one attached hydrogen (secondary N) is 2. The van der Waals surface area contributed by atoms with E-state index < -0.39 is 0 Å². The van der Waals surface area contributed by atoms with E-state index in [1.54, 1.807) is 7.05 Å². The van der Waals surface area contributed by atoms with Gasteiger partial charge in [0.1, 0.15) is 0 Å². The van der Waals surface area contributed by atoms with E-state index in [2.05, 4.69) is 41.4 Å². The first-order chi connectivity index (χ1) is 12.5. The second kappa shape index (κ2) is 11.5. The van der Waals surface area contributed by atoms with Crippen LogP contribution in [0.15, 0.2) is 4.99 Å². The smallest absolute Gasteiger partial charge is 0.220 e. The van der Waals surface area contributed by atoms with Crippen LogP contribution >= 0.6 is 24.0 Å². The summed E-state index contributed by atoms with van der Waals surface area (Å²) in [5.41, 5.74) is 3.62. The molecule has 0 aromatic carbocycles. The van der Waals surface area contributed by atoms with E-state index in [4.69, 9.17) is 4.99 Å². The number of carbonyl (C=O) groups excluding carboxylic acids is 1. The molecule has 2 N–H and O–H groups in total. The summed E-state index contributed by atoms with van der Waals surface area (Å²) < 4.78 is 1.94. The third-order valence-electron chi connectivity index (χ3n) is 5.28. The van der Waals surface area contributed by atoms with Crippen molar-refractivity contribution in [1.82, 2.24) is 25.3 Å². The van der Waals surface area contributed by atoms with Crippen molar-refractivity contribution >= 4 is 35.8 Å². The van der Waals surface area contributed by atoms with E-state index in [1.165, 1.54) is 11.3 Å². The van der Waals surface area contributed by atoms with Crippen molar-refractivity contribution in [1.29, 1.82) is 0 Å². The second-order valence-corrected chi connectivity index (χ2v) is 7.07. The Labute approximate surface area is 180 Å². The summed E-state index contributed by atoms with van der Waals surface area (Å²) in [6.07, 6.45) is 3.63. The quantitative estimate of drug-likeness (QED) is 0.364. The molecule has 1 aromatic heterocycles. The number of hydrogen-bond acceptors (Lipinski definition) is 3. The van der Waals surface area contributed by atoms with Gasteiger partial charge in [-0.3, -0.25) is 14.5 Å². The number of aliphatic imine (C=N–C) groups is 1. The van der Waals surface area contributed by atoms with Crippen molar-refractivity contribution in [3.8, 4) is 0 Å². The topological polar surface area (TPSA) is 74.5 Å². The molecule has 0 radical (unpaired) electrons. The summed E-state index contributed by atoms with van der Waals surface area (Å²) in [5, 5.41) is 10.6. The van der Waals surface area contributed by atoms with Gasteiger partial charge < -0.3 is 15.5 Å². The molecule has 0 spiro atoms. The molecule has 0 bridgehead atoms. The first-order valence-corrected chi connectivity index (χ1v) is 9.69. The van der Waals surface area contributed by atoms with Gasteiger partial charge in [0.2, 0.25) is 5.91 Å². The molecule has 2 heterocycles. The van der Waals surface area contributed by atoms with Gasteiger partial charge in [-0.1, -0.05) is 0 Å². The molecule has 1 aliphatic heterocycles. The first-order valence-electron chi connectivity index (χ1n) is 9.69. The number of likely N-dealkylation sites (tertiary alicyclic amines) is 1. The molecule has 1 aromatic rings. The number of carbonyl (C=O) groups is 1. The summed E-state index contributed by atoms with van der Waals surface area (Å²) in [6.45, 7) is 9.81. The zero-order valence-corrected chi connectivity index (χ0v) is 19.7. The van der Waals surface area contributed by atoms with Gasteiger partial charge in [-0.2, -0.15) is 5.10 Å². The molecule has 0 aliphatic carbocycles.